The van der Waals surface area contributed by atoms with Crippen LogP contribution in [-0.2, 0) is 0 Å². The summed E-state index contributed by atoms with van der Waals surface area (Å²) >= 11 is 0. The Balaban J connectivity index is 3.28. The Kier molecular flexibility index (Phi) is 1.45. The molecule has 0 bridgehead atoms. The van der Waals surface area contributed by atoms with Gasteiger partial charge in [-0.3, -0.25) is 0 Å². The lowest BCUT2D eigenvalue weighted by Crippen LogP contribution is -1.89. The molecule has 0 aliphatic heterocycles. The van der Waals surface area contributed by atoms with Gasteiger partial charge in [0.1, 0.15) is 0 Å². The number of hydrogen-bond donors (Lipinski definition) is 1. The van der Waals surface area contributed by atoms with Crippen LogP contribution in [0.25, 0.3) is 5.73 Å². The van der Waals surface area contributed by atoms with Gasteiger partial charge in [-0.05, 0) is 12.1 Å². The van der Waals surface area contributed by atoms with Crippen molar-refractivity contribution in [1.82, 2.24) is 0 Å². The number of rotatable bonds is 0. The zero-order chi connectivity index (χ0) is 7.72. The second-order valence-corrected chi connectivity index (χ2v) is 1.85. The highest BCUT2D eigenvalue weighted by molar-refractivity contribution is 5.65. The topological polar surface area (TPSA) is 49.8 Å². The van der Waals surface area contributed by atoms with E-state index >= 15 is 0 Å². The summed E-state index contributed by atoms with van der Waals surface area (Å²) < 4.78 is 24.4. The third-order valence-electron chi connectivity index (χ3n) is 1.09. The number of hydrogen-bond acceptors (Lipinski definition) is 1. The van der Waals surface area contributed by atoms with Gasteiger partial charge < -0.3 is 11.5 Å². The second kappa shape index (κ2) is 2.13. The molecule has 4 heteroatoms. The van der Waals surface area contributed by atoms with Crippen LogP contribution < -0.4 is 5.73 Å². The summed E-state index contributed by atoms with van der Waals surface area (Å²) in [6.45, 7) is 0. The molecule has 0 aliphatic carbocycles. The number of nitrogens with two attached hydrogens (primary N) is 1. The minimum Gasteiger partial charge on any atom is -0.697 e. The maximum Gasteiger partial charge on any atom is 0.160 e. The van der Waals surface area contributed by atoms with E-state index in [0.717, 1.165) is 12.1 Å². The Morgan fingerprint density at radius 1 is 1.20 bits per heavy atom. The minimum atomic E-state index is -1.04. The van der Waals surface area contributed by atoms with E-state index in [2.05, 4.69) is 0 Å². The van der Waals surface area contributed by atoms with E-state index in [-0.39, 0.29) is 11.4 Å². The highest BCUT2D eigenvalue weighted by atomic mass is 19.2. The highest BCUT2D eigenvalue weighted by Crippen LogP contribution is 2.23. The quantitative estimate of drug-likeness (QED) is 0.556. The molecule has 0 saturated heterocycles. The average molecular weight is 143 g/mol. The monoisotopic (exact) mass is 143 g/mol. The molecule has 0 aromatic heterocycles. The molecule has 0 amide bonds. The molecule has 0 unspecified atom stereocenters. The largest absolute Gasteiger partial charge is 0.697 e. The first-order valence-corrected chi connectivity index (χ1v) is 2.57. The summed E-state index contributed by atoms with van der Waals surface area (Å²) in [6, 6.07) is 1.53. The van der Waals surface area contributed by atoms with E-state index < -0.39 is 11.6 Å². The molecule has 0 fully saturated rings. The molecule has 0 heterocycles. The predicted octanol–water partition coefficient (Wildman–Crippen LogP) is 2.23. The number of nitrogens with one attached hydrogen (secondary N) is 1. The Labute approximate surface area is 56.4 Å². The molecule has 0 atom stereocenters. The lowest BCUT2D eigenvalue weighted by molar-refractivity contribution is 0.510. The first kappa shape index (κ1) is 6.80. The van der Waals surface area contributed by atoms with Crippen molar-refractivity contribution in [3.05, 3.63) is 29.5 Å². The third-order valence-corrected chi connectivity index (χ3v) is 1.09. The van der Waals surface area contributed by atoms with Crippen LogP contribution >= 0.6 is 0 Å². The lowest BCUT2D eigenvalue weighted by Gasteiger charge is -2.06. The van der Waals surface area contributed by atoms with Crippen molar-refractivity contribution >= 4 is 11.4 Å². The van der Waals surface area contributed by atoms with Crippen molar-refractivity contribution in [2.75, 3.05) is 5.73 Å². The van der Waals surface area contributed by atoms with Crippen molar-refractivity contribution in [3.63, 3.8) is 0 Å². The van der Waals surface area contributed by atoms with Crippen molar-refractivity contribution < 1.29 is 8.78 Å². The van der Waals surface area contributed by atoms with Crippen LogP contribution in [0.15, 0.2) is 12.1 Å². The Bertz CT molecular complexity index is 210. The van der Waals surface area contributed by atoms with E-state index in [4.69, 9.17) is 11.5 Å². The maximum absolute atomic E-state index is 12.2. The van der Waals surface area contributed by atoms with Gasteiger partial charge in [-0.25, -0.2) is 8.78 Å². The zero-order valence-electron chi connectivity index (χ0n) is 4.99. The summed E-state index contributed by atoms with van der Waals surface area (Å²) in [5, 5.41) is 0. The summed E-state index contributed by atoms with van der Waals surface area (Å²) in [5.41, 5.74) is 11.8. The Morgan fingerprint density at radius 3 is 2.20 bits per heavy atom. The Morgan fingerprint density at radius 2 is 1.70 bits per heavy atom. The van der Waals surface area contributed by atoms with Gasteiger partial charge in [0.2, 0.25) is 0 Å². The summed E-state index contributed by atoms with van der Waals surface area (Å²) in [5.74, 6) is -2.06. The summed E-state index contributed by atoms with van der Waals surface area (Å²) in [6.07, 6.45) is 0. The van der Waals surface area contributed by atoms with Gasteiger partial charge in [-0.1, -0.05) is 0 Å². The maximum atomic E-state index is 12.2. The fourth-order valence-corrected chi connectivity index (χ4v) is 0.562. The summed E-state index contributed by atoms with van der Waals surface area (Å²) in [4.78, 5) is 0. The van der Waals surface area contributed by atoms with Gasteiger partial charge in [0.15, 0.2) is 11.6 Å². The smallest absolute Gasteiger partial charge is 0.160 e. The molecule has 10 heavy (non-hydrogen) atoms. The van der Waals surface area contributed by atoms with Crippen molar-refractivity contribution in [2.45, 2.75) is 0 Å². The molecule has 0 radical (unpaired) electrons. The van der Waals surface area contributed by atoms with Crippen molar-refractivity contribution in [2.24, 2.45) is 0 Å². The first-order chi connectivity index (χ1) is 4.61. The molecule has 3 N–H and O–H groups in total. The molecule has 2 nitrogen and oxygen atoms in total. The highest BCUT2D eigenvalue weighted by Gasteiger charge is 1.99. The van der Waals surface area contributed by atoms with Gasteiger partial charge in [0.25, 0.3) is 0 Å². The molecule has 1 aromatic carbocycles. The number of anilines is 1. The second-order valence-electron chi connectivity index (χ2n) is 1.85. The van der Waals surface area contributed by atoms with E-state index in [1.165, 1.54) is 0 Å². The fourth-order valence-electron chi connectivity index (χ4n) is 0.562. The first-order valence-electron chi connectivity index (χ1n) is 2.57. The number of benzene rings is 1. The van der Waals surface area contributed by atoms with E-state index in [9.17, 15) is 8.78 Å². The predicted molar refractivity (Wildman–Crippen MR) is 34.8 cm³/mol. The van der Waals surface area contributed by atoms with Crippen LogP contribution in [-0.4, -0.2) is 0 Å². The summed E-state index contributed by atoms with van der Waals surface area (Å²) in [7, 11) is 0. The minimum absolute atomic E-state index is 0.0566. The van der Waals surface area contributed by atoms with Crippen LogP contribution in [0, 0.1) is 11.6 Å². The van der Waals surface area contributed by atoms with E-state index in [1.807, 2.05) is 0 Å². The molecule has 1 aromatic rings. The van der Waals surface area contributed by atoms with Gasteiger partial charge in [0, 0.05) is 5.69 Å². The molecule has 0 saturated carbocycles. The van der Waals surface area contributed by atoms with Crippen LogP contribution in [0.2, 0.25) is 0 Å². The van der Waals surface area contributed by atoms with Gasteiger partial charge in [-0.15, -0.1) is 5.69 Å². The molecular formula is C6H5F2N2-. The van der Waals surface area contributed by atoms with Crippen LogP contribution in [0.1, 0.15) is 0 Å². The van der Waals surface area contributed by atoms with E-state index in [1.54, 1.807) is 0 Å². The van der Waals surface area contributed by atoms with Crippen LogP contribution in [0.4, 0.5) is 20.2 Å². The standard InChI is InChI=1S/C6H5F2N2/c7-3-1-5(9)6(10)2-4(3)8/h1-2,9H,10H2/q-1. The van der Waals surface area contributed by atoms with Crippen LogP contribution in [0.5, 0.6) is 0 Å². The van der Waals surface area contributed by atoms with Crippen LogP contribution in [0.3, 0.4) is 0 Å². The lowest BCUT2D eigenvalue weighted by atomic mass is 10.2. The number of nitrogen functional groups attached to an aromatic ring is 1. The zero-order valence-corrected chi connectivity index (χ0v) is 4.99. The Hall–Kier alpha value is -1.32. The molecule has 0 spiro atoms. The number of halogens is 2. The van der Waals surface area contributed by atoms with Gasteiger partial charge in [-0.2, -0.15) is 0 Å². The van der Waals surface area contributed by atoms with Crippen molar-refractivity contribution in [3.8, 4) is 0 Å². The fraction of sp³-hybridized carbons (Fsp3) is 0. The molecule has 0 aliphatic rings. The molecule has 54 valence electrons. The molecule has 1 rings (SSSR count). The SMILES string of the molecule is [NH-]c1cc(F)c(F)cc1N. The van der Waals surface area contributed by atoms with Crippen molar-refractivity contribution in [1.29, 1.82) is 0 Å². The average Bonchev–Trinajstić information content (AvgIpc) is 1.84. The van der Waals surface area contributed by atoms with Gasteiger partial charge >= 0.3 is 0 Å². The third kappa shape index (κ3) is 1.00. The normalized spacial score (nSPS) is 9.80. The molecular weight excluding hydrogens is 138 g/mol. The van der Waals surface area contributed by atoms with E-state index in [0.29, 0.717) is 0 Å². The van der Waals surface area contributed by atoms with Gasteiger partial charge in [0.05, 0.1) is 0 Å².